The highest BCUT2D eigenvalue weighted by atomic mass is 16.2. The second-order valence-corrected chi connectivity index (χ2v) is 8.50. The smallest absolute Gasteiger partial charge is 0.239 e. The molecule has 8 heteroatoms. The van der Waals surface area contributed by atoms with Gasteiger partial charge in [-0.25, -0.2) is 14.6 Å². The first kappa shape index (κ1) is 21.1. The summed E-state index contributed by atoms with van der Waals surface area (Å²) in [6.45, 7) is 6.60. The SMILES string of the molecule is Cc1ccc(CNC(=O)C2CN(c3ncnc4nn(-c5ccc(C)cc5)cc34)CCN2)cc1. The van der Waals surface area contributed by atoms with E-state index >= 15 is 0 Å². The first-order valence-corrected chi connectivity index (χ1v) is 11.2. The van der Waals surface area contributed by atoms with Gasteiger partial charge >= 0.3 is 0 Å². The Morgan fingerprint density at radius 1 is 1.06 bits per heavy atom. The third-order valence-electron chi connectivity index (χ3n) is 5.97. The number of nitrogens with zero attached hydrogens (tertiary/aromatic N) is 5. The molecular weight excluding hydrogens is 414 g/mol. The fourth-order valence-corrected chi connectivity index (χ4v) is 4.04. The van der Waals surface area contributed by atoms with Crippen LogP contribution < -0.4 is 15.5 Å². The van der Waals surface area contributed by atoms with Crippen LogP contribution in [0.5, 0.6) is 0 Å². The topological polar surface area (TPSA) is 88.0 Å². The number of aryl methyl sites for hydroxylation is 2. The van der Waals surface area contributed by atoms with E-state index in [1.165, 1.54) is 11.1 Å². The fourth-order valence-electron chi connectivity index (χ4n) is 4.04. The van der Waals surface area contributed by atoms with Crippen LogP contribution in [0.4, 0.5) is 5.82 Å². The van der Waals surface area contributed by atoms with E-state index in [9.17, 15) is 4.79 Å². The highest BCUT2D eigenvalue weighted by Crippen LogP contribution is 2.24. The van der Waals surface area contributed by atoms with Crippen LogP contribution in [-0.2, 0) is 11.3 Å². The molecule has 1 saturated heterocycles. The molecule has 2 N–H and O–H groups in total. The highest BCUT2D eigenvalue weighted by molar-refractivity contribution is 5.88. The number of carbonyl (C=O) groups is 1. The number of hydrogen-bond donors (Lipinski definition) is 2. The first-order chi connectivity index (χ1) is 16.1. The molecule has 0 spiro atoms. The molecule has 8 nitrogen and oxygen atoms in total. The lowest BCUT2D eigenvalue weighted by molar-refractivity contribution is -0.123. The van der Waals surface area contributed by atoms with E-state index in [1.807, 2.05) is 35.1 Å². The lowest BCUT2D eigenvalue weighted by Gasteiger charge is -2.33. The van der Waals surface area contributed by atoms with Crippen molar-refractivity contribution in [2.75, 3.05) is 24.5 Å². The maximum atomic E-state index is 12.8. The normalized spacial score (nSPS) is 16.2. The summed E-state index contributed by atoms with van der Waals surface area (Å²) in [5.74, 6) is 0.789. The molecule has 2 aromatic carbocycles. The third-order valence-corrected chi connectivity index (χ3v) is 5.97. The second-order valence-electron chi connectivity index (χ2n) is 8.50. The van der Waals surface area contributed by atoms with Gasteiger partial charge in [-0.1, -0.05) is 47.5 Å². The van der Waals surface area contributed by atoms with Gasteiger partial charge < -0.3 is 15.5 Å². The van der Waals surface area contributed by atoms with Crippen LogP contribution in [0.15, 0.2) is 61.1 Å². The average Bonchev–Trinajstić information content (AvgIpc) is 3.28. The highest BCUT2D eigenvalue weighted by Gasteiger charge is 2.27. The van der Waals surface area contributed by atoms with Gasteiger partial charge in [-0.3, -0.25) is 4.79 Å². The average molecular weight is 442 g/mol. The van der Waals surface area contributed by atoms with Crippen molar-refractivity contribution in [2.45, 2.75) is 26.4 Å². The van der Waals surface area contributed by atoms with Crippen LogP contribution in [0.2, 0.25) is 0 Å². The van der Waals surface area contributed by atoms with E-state index in [4.69, 9.17) is 0 Å². The van der Waals surface area contributed by atoms with Crippen LogP contribution in [0.1, 0.15) is 16.7 Å². The second kappa shape index (κ2) is 8.99. The van der Waals surface area contributed by atoms with Gasteiger partial charge in [0.25, 0.3) is 0 Å². The molecule has 0 bridgehead atoms. The number of fused-ring (bicyclic) bond motifs is 1. The standard InChI is InChI=1S/C25H27N7O/c1-17-3-7-19(8-4-17)13-27-25(33)22-15-31(12-11-26-22)24-21-14-32(30-23(21)28-16-29-24)20-9-5-18(2)6-10-20/h3-10,14,16,22,26H,11-13,15H2,1-2H3,(H,27,33). The zero-order chi connectivity index (χ0) is 22.8. The van der Waals surface area contributed by atoms with E-state index in [0.717, 1.165) is 29.0 Å². The van der Waals surface area contributed by atoms with Crippen molar-refractivity contribution >= 4 is 22.8 Å². The number of anilines is 1. The molecular formula is C25H27N7O. The van der Waals surface area contributed by atoms with Crippen LogP contribution >= 0.6 is 0 Å². The molecule has 4 aromatic rings. The molecule has 1 unspecified atom stereocenters. The lowest BCUT2D eigenvalue weighted by Crippen LogP contribution is -2.57. The Labute approximate surface area is 192 Å². The summed E-state index contributed by atoms with van der Waals surface area (Å²) in [6.07, 6.45) is 3.50. The van der Waals surface area contributed by atoms with Crippen molar-refractivity contribution in [3.8, 4) is 5.69 Å². The summed E-state index contributed by atoms with van der Waals surface area (Å²) in [4.78, 5) is 23.9. The zero-order valence-corrected chi connectivity index (χ0v) is 18.8. The van der Waals surface area contributed by atoms with Crippen molar-refractivity contribution in [2.24, 2.45) is 0 Å². The van der Waals surface area contributed by atoms with E-state index in [2.05, 4.69) is 68.7 Å². The van der Waals surface area contributed by atoms with Gasteiger partial charge in [0.2, 0.25) is 5.91 Å². The van der Waals surface area contributed by atoms with Crippen molar-refractivity contribution in [3.63, 3.8) is 0 Å². The number of piperazine rings is 1. The Kier molecular flexibility index (Phi) is 5.75. The third kappa shape index (κ3) is 4.56. The van der Waals surface area contributed by atoms with Crippen molar-refractivity contribution in [1.29, 1.82) is 0 Å². The molecule has 1 atom stereocenters. The first-order valence-electron chi connectivity index (χ1n) is 11.2. The van der Waals surface area contributed by atoms with Gasteiger partial charge in [0.15, 0.2) is 5.65 Å². The summed E-state index contributed by atoms with van der Waals surface area (Å²) in [7, 11) is 0. The van der Waals surface area contributed by atoms with E-state index in [1.54, 1.807) is 6.33 Å². The van der Waals surface area contributed by atoms with Gasteiger partial charge in [0.1, 0.15) is 18.2 Å². The molecule has 1 amide bonds. The van der Waals surface area contributed by atoms with Gasteiger partial charge in [0.05, 0.1) is 11.1 Å². The van der Waals surface area contributed by atoms with Crippen molar-refractivity contribution in [1.82, 2.24) is 30.4 Å². The zero-order valence-electron chi connectivity index (χ0n) is 18.8. The molecule has 0 saturated carbocycles. The van der Waals surface area contributed by atoms with E-state index < -0.39 is 0 Å². The number of nitrogens with one attached hydrogen (secondary N) is 2. The monoisotopic (exact) mass is 441 g/mol. The van der Waals surface area contributed by atoms with Crippen molar-refractivity contribution < 1.29 is 4.79 Å². The fraction of sp³-hybridized carbons (Fsp3) is 0.280. The Morgan fingerprint density at radius 3 is 2.55 bits per heavy atom. The number of hydrogen-bond acceptors (Lipinski definition) is 6. The van der Waals surface area contributed by atoms with Gasteiger partial charge in [-0.2, -0.15) is 0 Å². The molecule has 168 valence electrons. The maximum Gasteiger partial charge on any atom is 0.239 e. The molecule has 1 aliphatic rings. The quantitative estimate of drug-likeness (QED) is 0.495. The Morgan fingerprint density at radius 2 is 1.79 bits per heavy atom. The molecule has 33 heavy (non-hydrogen) atoms. The molecule has 3 heterocycles. The Balaban J connectivity index is 1.32. The van der Waals surface area contributed by atoms with E-state index in [0.29, 0.717) is 25.3 Å². The summed E-state index contributed by atoms with van der Waals surface area (Å²) in [5.41, 5.74) is 5.10. The molecule has 1 aliphatic heterocycles. The Hall–Kier alpha value is -3.78. The van der Waals surface area contributed by atoms with Gasteiger partial charge in [-0.15, -0.1) is 5.10 Å². The summed E-state index contributed by atoms with van der Waals surface area (Å²) in [6, 6.07) is 16.1. The van der Waals surface area contributed by atoms with Crippen LogP contribution in [0.3, 0.4) is 0 Å². The summed E-state index contributed by atoms with van der Waals surface area (Å²) in [5, 5.41) is 11.9. The van der Waals surface area contributed by atoms with E-state index in [-0.39, 0.29) is 11.9 Å². The maximum absolute atomic E-state index is 12.8. The summed E-state index contributed by atoms with van der Waals surface area (Å²) >= 11 is 0. The van der Waals surface area contributed by atoms with Gasteiger partial charge in [0, 0.05) is 32.4 Å². The van der Waals surface area contributed by atoms with Crippen molar-refractivity contribution in [3.05, 3.63) is 77.7 Å². The lowest BCUT2D eigenvalue weighted by atomic mass is 10.1. The van der Waals surface area contributed by atoms with Crippen LogP contribution in [0.25, 0.3) is 16.7 Å². The number of amides is 1. The predicted molar refractivity (Wildman–Crippen MR) is 128 cm³/mol. The Bertz CT molecular complexity index is 1260. The number of aromatic nitrogens is 4. The largest absolute Gasteiger partial charge is 0.353 e. The van der Waals surface area contributed by atoms with Crippen LogP contribution in [-0.4, -0.2) is 51.3 Å². The summed E-state index contributed by atoms with van der Waals surface area (Å²) < 4.78 is 1.83. The molecule has 1 fully saturated rings. The van der Waals surface area contributed by atoms with Crippen LogP contribution in [0, 0.1) is 13.8 Å². The minimum Gasteiger partial charge on any atom is -0.353 e. The molecule has 2 aromatic heterocycles. The number of rotatable bonds is 5. The predicted octanol–water partition coefficient (Wildman–Crippen LogP) is 2.53. The molecule has 0 radical (unpaired) electrons. The number of benzene rings is 2. The minimum atomic E-state index is -0.318. The molecule has 5 rings (SSSR count). The number of carbonyl (C=O) groups excluding carboxylic acids is 1. The molecule has 0 aliphatic carbocycles. The van der Waals surface area contributed by atoms with Gasteiger partial charge in [-0.05, 0) is 31.5 Å². The minimum absolute atomic E-state index is 0.0130.